The maximum atomic E-state index is 12.9. The van der Waals surface area contributed by atoms with Crippen LogP contribution in [0, 0.1) is 12.3 Å². The molecule has 3 aromatic rings. The van der Waals surface area contributed by atoms with Crippen LogP contribution < -0.4 is 11.3 Å². The van der Waals surface area contributed by atoms with Gasteiger partial charge in [0.05, 0.1) is 5.41 Å². The smallest absolute Gasteiger partial charge is 0.274 e. The van der Waals surface area contributed by atoms with Crippen LogP contribution in [0.15, 0.2) is 65.5 Å². The van der Waals surface area contributed by atoms with Crippen molar-refractivity contribution in [2.24, 2.45) is 11.1 Å². The molecule has 1 aliphatic heterocycles. The molecule has 0 radical (unpaired) electrons. The van der Waals surface area contributed by atoms with E-state index in [4.69, 9.17) is 5.73 Å². The minimum Gasteiger partial charge on any atom is -0.369 e. The summed E-state index contributed by atoms with van der Waals surface area (Å²) in [6.45, 7) is 2.80. The Bertz CT molecular complexity index is 1160. The lowest BCUT2D eigenvalue weighted by molar-refractivity contribution is -0.130. The summed E-state index contributed by atoms with van der Waals surface area (Å²) < 4.78 is 0. The maximum Gasteiger partial charge on any atom is 0.274 e. The quantitative estimate of drug-likeness (QED) is 0.649. The fourth-order valence-electron chi connectivity index (χ4n) is 4.32. The lowest BCUT2D eigenvalue weighted by Crippen LogP contribution is -2.53. The molecule has 2 aromatic carbocycles. The van der Waals surface area contributed by atoms with E-state index in [1.54, 1.807) is 4.90 Å². The molecule has 1 aliphatic rings. The van der Waals surface area contributed by atoms with Crippen LogP contribution in [0.3, 0.4) is 0 Å². The molecule has 7 nitrogen and oxygen atoms in total. The molecule has 2 amide bonds. The number of primary amides is 1. The van der Waals surface area contributed by atoms with Gasteiger partial charge in [-0.05, 0) is 48.9 Å². The summed E-state index contributed by atoms with van der Waals surface area (Å²) in [5.74, 6) is -0.728. The third-order valence-corrected chi connectivity index (χ3v) is 6.17. The number of H-pyrrole nitrogens is 1. The number of carbonyl (C=O) groups excluding carboxylic acids is 2. The average molecular weight is 431 g/mol. The van der Waals surface area contributed by atoms with E-state index in [0.29, 0.717) is 25.8 Å². The van der Waals surface area contributed by atoms with Crippen molar-refractivity contribution in [3.8, 4) is 11.1 Å². The molecule has 1 aromatic heterocycles. The van der Waals surface area contributed by atoms with Crippen molar-refractivity contribution < 1.29 is 9.59 Å². The number of nitrogens with zero attached hydrogens (tertiary/aromatic N) is 2. The molecule has 32 heavy (non-hydrogen) atoms. The van der Waals surface area contributed by atoms with Crippen LogP contribution in [-0.4, -0.2) is 40.0 Å². The lowest BCUT2D eigenvalue weighted by Gasteiger charge is -2.40. The molecule has 4 rings (SSSR count). The van der Waals surface area contributed by atoms with E-state index >= 15 is 0 Å². The van der Waals surface area contributed by atoms with Crippen molar-refractivity contribution in [3.63, 3.8) is 0 Å². The van der Waals surface area contributed by atoms with Crippen molar-refractivity contribution in [3.05, 3.63) is 87.8 Å². The lowest BCUT2D eigenvalue weighted by atomic mass is 9.74. The van der Waals surface area contributed by atoms with Crippen molar-refractivity contribution in [1.82, 2.24) is 15.1 Å². The highest BCUT2D eigenvalue weighted by molar-refractivity contribution is 5.93. The third-order valence-electron chi connectivity index (χ3n) is 6.17. The van der Waals surface area contributed by atoms with Gasteiger partial charge in [-0.25, -0.2) is 5.10 Å². The van der Waals surface area contributed by atoms with Crippen LogP contribution in [0.5, 0.6) is 0 Å². The minimum absolute atomic E-state index is 0.146. The first-order valence-electron chi connectivity index (χ1n) is 10.7. The average Bonchev–Trinajstić information content (AvgIpc) is 2.80. The zero-order valence-corrected chi connectivity index (χ0v) is 18.0. The van der Waals surface area contributed by atoms with Gasteiger partial charge in [-0.3, -0.25) is 14.4 Å². The molecule has 2 heterocycles. The van der Waals surface area contributed by atoms with Crippen molar-refractivity contribution in [2.45, 2.75) is 26.2 Å². The third kappa shape index (κ3) is 4.46. The number of nitrogens with two attached hydrogens (primary N) is 1. The number of hydrogen-bond acceptors (Lipinski definition) is 4. The normalized spacial score (nSPS) is 18.3. The predicted molar refractivity (Wildman–Crippen MR) is 122 cm³/mol. The van der Waals surface area contributed by atoms with Crippen molar-refractivity contribution in [2.75, 3.05) is 13.1 Å². The van der Waals surface area contributed by atoms with E-state index in [9.17, 15) is 14.4 Å². The molecule has 1 atom stereocenters. The molecule has 1 unspecified atom stereocenters. The highest BCUT2D eigenvalue weighted by atomic mass is 16.2. The summed E-state index contributed by atoms with van der Waals surface area (Å²) >= 11 is 0. The monoisotopic (exact) mass is 430 g/mol. The zero-order valence-electron chi connectivity index (χ0n) is 18.0. The SMILES string of the molecule is Cc1ccc(-c2ccc(CC3(C(N)=O)CCCN(C(=O)c4ccc(=O)[nH]n4)C3)cc2)cc1. The number of aromatic nitrogens is 2. The highest BCUT2D eigenvalue weighted by Gasteiger charge is 2.42. The van der Waals surface area contributed by atoms with Gasteiger partial charge in [-0.15, -0.1) is 0 Å². The van der Waals surface area contributed by atoms with Gasteiger partial charge >= 0.3 is 0 Å². The molecule has 0 aliphatic carbocycles. The van der Waals surface area contributed by atoms with E-state index < -0.39 is 11.3 Å². The van der Waals surface area contributed by atoms with E-state index in [1.165, 1.54) is 17.7 Å². The molecule has 1 fully saturated rings. The fraction of sp³-hybridized carbons (Fsp3) is 0.280. The largest absolute Gasteiger partial charge is 0.369 e. The van der Waals surface area contributed by atoms with Crippen LogP contribution in [0.4, 0.5) is 0 Å². The van der Waals surface area contributed by atoms with E-state index in [-0.39, 0.29) is 23.7 Å². The Kier molecular flexibility index (Phi) is 5.90. The number of benzene rings is 2. The summed E-state index contributed by atoms with van der Waals surface area (Å²) in [6, 6.07) is 19.1. The van der Waals surface area contributed by atoms with Crippen molar-refractivity contribution in [1.29, 1.82) is 0 Å². The van der Waals surface area contributed by atoms with E-state index in [1.807, 2.05) is 24.3 Å². The van der Waals surface area contributed by atoms with Crippen LogP contribution in [0.2, 0.25) is 0 Å². The molecule has 164 valence electrons. The van der Waals surface area contributed by atoms with Gasteiger partial charge < -0.3 is 10.6 Å². The summed E-state index contributed by atoms with van der Waals surface area (Å²) in [4.78, 5) is 38.3. The van der Waals surface area contributed by atoms with E-state index in [0.717, 1.165) is 16.7 Å². The van der Waals surface area contributed by atoms with Crippen LogP contribution in [-0.2, 0) is 11.2 Å². The van der Waals surface area contributed by atoms with Gasteiger partial charge in [0, 0.05) is 19.2 Å². The number of carbonyl (C=O) groups is 2. The van der Waals surface area contributed by atoms with E-state index in [2.05, 4.69) is 41.4 Å². The molecular formula is C25H26N4O3. The summed E-state index contributed by atoms with van der Waals surface area (Å²) in [6.07, 6.45) is 1.74. The molecule has 0 spiro atoms. The second-order valence-corrected chi connectivity index (χ2v) is 8.52. The molecular weight excluding hydrogens is 404 g/mol. The van der Waals surface area contributed by atoms with Gasteiger partial charge in [0.1, 0.15) is 5.69 Å². The molecule has 1 saturated heterocycles. The van der Waals surface area contributed by atoms with Crippen molar-refractivity contribution >= 4 is 11.8 Å². The number of piperidine rings is 1. The zero-order chi connectivity index (χ0) is 22.7. The van der Waals surface area contributed by atoms with Gasteiger partial charge in [0.25, 0.3) is 11.5 Å². The van der Waals surface area contributed by atoms with Gasteiger partial charge in [-0.1, -0.05) is 54.1 Å². The number of likely N-dealkylation sites (tertiary alicyclic amines) is 1. The molecule has 3 N–H and O–H groups in total. The fourth-order valence-corrected chi connectivity index (χ4v) is 4.32. The highest BCUT2D eigenvalue weighted by Crippen LogP contribution is 2.34. The minimum atomic E-state index is -0.846. The number of nitrogens with one attached hydrogen (secondary N) is 1. The second kappa shape index (κ2) is 8.78. The van der Waals surface area contributed by atoms with Gasteiger partial charge in [-0.2, -0.15) is 5.10 Å². The standard InChI is InChI=1S/C25H26N4O3/c1-17-3-7-19(8-4-17)20-9-5-18(6-10-20)15-25(24(26)32)13-2-14-29(16-25)23(31)21-11-12-22(30)28-27-21/h3-12H,2,13-16H2,1H3,(H2,26,32)(H,28,30). The Hall–Kier alpha value is -3.74. The van der Waals surface area contributed by atoms with Gasteiger partial charge in [0.2, 0.25) is 5.91 Å². The number of amides is 2. The molecule has 0 bridgehead atoms. The Balaban J connectivity index is 1.53. The topological polar surface area (TPSA) is 109 Å². The van der Waals surface area contributed by atoms with Gasteiger partial charge in [0.15, 0.2) is 0 Å². The predicted octanol–water partition coefficient (Wildman–Crippen LogP) is 2.70. The first kappa shape index (κ1) is 21.5. The Morgan fingerprint density at radius 3 is 2.28 bits per heavy atom. The molecule has 0 saturated carbocycles. The van der Waals surface area contributed by atoms with Crippen LogP contribution >= 0.6 is 0 Å². The number of aryl methyl sites for hydroxylation is 1. The summed E-state index contributed by atoms with van der Waals surface area (Å²) in [5, 5.41) is 6.11. The van der Waals surface area contributed by atoms with Crippen LogP contribution in [0.1, 0.15) is 34.5 Å². The first-order valence-corrected chi connectivity index (χ1v) is 10.7. The first-order chi connectivity index (χ1) is 15.4. The number of rotatable bonds is 5. The Morgan fingerprint density at radius 2 is 1.69 bits per heavy atom. The second-order valence-electron chi connectivity index (χ2n) is 8.52. The number of aromatic amines is 1. The Labute approximate surface area is 186 Å². The maximum absolute atomic E-state index is 12.9. The summed E-state index contributed by atoms with van der Waals surface area (Å²) in [5.41, 5.74) is 9.24. The summed E-state index contributed by atoms with van der Waals surface area (Å²) in [7, 11) is 0. The Morgan fingerprint density at radius 1 is 1.03 bits per heavy atom. The van der Waals surface area contributed by atoms with Crippen LogP contribution in [0.25, 0.3) is 11.1 Å². The number of hydrogen-bond donors (Lipinski definition) is 2. The molecule has 7 heteroatoms.